The first-order valence-electron chi connectivity index (χ1n) is 3.72. The Hall–Kier alpha value is -0.610. The zero-order valence-corrected chi connectivity index (χ0v) is 8.46. The van der Waals surface area contributed by atoms with Gasteiger partial charge in [0.05, 0.1) is 12.2 Å². The minimum atomic E-state index is -0.903. The first-order chi connectivity index (χ1) is 5.20. The molecular weight excluding hydrogens is 158 g/mol. The molecule has 0 aromatic rings. The number of nitrogens with zero attached hydrogens (tertiary/aromatic N) is 1. The van der Waals surface area contributed by atoms with Crippen molar-refractivity contribution in [1.29, 1.82) is 0 Å². The van der Waals surface area contributed by atoms with Gasteiger partial charge in [-0.3, -0.25) is 4.79 Å². The maximum absolute atomic E-state index is 10.1. The molecule has 0 fully saturated rings. The van der Waals surface area contributed by atoms with Gasteiger partial charge in [-0.2, -0.15) is 0 Å². The van der Waals surface area contributed by atoms with Crippen LogP contribution in [0.1, 0.15) is 20.8 Å². The van der Waals surface area contributed by atoms with Gasteiger partial charge < -0.3 is 15.1 Å². The average Bonchev–Trinajstić information content (AvgIpc) is 1.87. The quantitative estimate of drug-likeness (QED) is 0.585. The lowest BCUT2D eigenvalue weighted by atomic mass is 10.2. The lowest BCUT2D eigenvalue weighted by molar-refractivity contribution is -0.126. The van der Waals surface area contributed by atoms with Crippen LogP contribution in [0.3, 0.4) is 0 Å². The number of carbonyl (C=O) groups is 1. The number of hydrogen-bond donors (Lipinski definition) is 2. The van der Waals surface area contributed by atoms with Crippen LogP contribution < -0.4 is 0 Å². The van der Waals surface area contributed by atoms with Crippen LogP contribution in [0, 0.1) is 0 Å². The Kier molecular flexibility index (Phi) is 6.94. The summed E-state index contributed by atoms with van der Waals surface area (Å²) >= 11 is 0. The molecule has 0 heterocycles. The molecule has 4 heteroatoms. The Morgan fingerprint density at radius 2 is 1.58 bits per heavy atom. The van der Waals surface area contributed by atoms with E-state index in [9.17, 15) is 4.79 Å². The number of aliphatic hydroxyl groups excluding tert-OH is 1. The van der Waals surface area contributed by atoms with E-state index in [4.69, 9.17) is 10.2 Å². The highest BCUT2D eigenvalue weighted by Gasteiger charge is 2.07. The highest BCUT2D eigenvalue weighted by atomic mass is 16.3. The Bertz CT molecular complexity index is 127. The molecule has 0 aromatic heterocycles. The Balaban J connectivity index is 0. The van der Waals surface area contributed by atoms with E-state index in [1.807, 2.05) is 0 Å². The average molecular weight is 177 g/mol. The second-order valence-electron chi connectivity index (χ2n) is 3.38. The zero-order valence-electron chi connectivity index (χ0n) is 8.46. The van der Waals surface area contributed by atoms with Crippen LogP contribution in [0.5, 0.6) is 0 Å². The van der Waals surface area contributed by atoms with Crippen LogP contribution >= 0.6 is 0 Å². The number of rotatable bonds is 1. The lowest BCUT2D eigenvalue weighted by Gasteiger charge is -2.10. The van der Waals surface area contributed by atoms with Gasteiger partial charge >= 0.3 is 0 Å². The zero-order chi connectivity index (χ0) is 10.4. The molecule has 0 bridgehead atoms. The molecule has 0 saturated carbocycles. The third-order valence-electron chi connectivity index (χ3n) is 1.02. The summed E-state index contributed by atoms with van der Waals surface area (Å²) in [4.78, 5) is 11.6. The molecule has 1 amide bonds. The number of carbonyl (C=O) groups excluding carboxylic acids is 1. The van der Waals surface area contributed by atoms with Crippen molar-refractivity contribution in [1.82, 2.24) is 4.90 Å². The van der Waals surface area contributed by atoms with Crippen molar-refractivity contribution in [2.75, 3.05) is 20.7 Å². The molecule has 0 aromatic carbocycles. The topological polar surface area (TPSA) is 60.8 Å². The van der Waals surface area contributed by atoms with Crippen molar-refractivity contribution >= 4 is 5.91 Å². The van der Waals surface area contributed by atoms with E-state index in [0.717, 1.165) is 0 Å². The standard InChI is InChI=1S/C4H9NO.C4H10O2/c1-4(6)5(2)3;1-4(2,6)3-5/h1-3H3;5-6H,3H2,1-2H3. The molecule has 12 heavy (non-hydrogen) atoms. The van der Waals surface area contributed by atoms with Crippen LogP contribution in [0.4, 0.5) is 0 Å². The summed E-state index contributed by atoms with van der Waals surface area (Å²) in [6.07, 6.45) is 0. The van der Waals surface area contributed by atoms with Crippen molar-refractivity contribution in [2.24, 2.45) is 0 Å². The molecule has 0 aliphatic rings. The van der Waals surface area contributed by atoms with Gasteiger partial charge in [0.15, 0.2) is 0 Å². The minimum absolute atomic E-state index is 0.0926. The summed E-state index contributed by atoms with van der Waals surface area (Å²) in [5, 5.41) is 16.7. The first-order valence-corrected chi connectivity index (χ1v) is 3.72. The first kappa shape index (κ1) is 13.9. The Morgan fingerprint density at radius 3 is 1.58 bits per heavy atom. The van der Waals surface area contributed by atoms with E-state index in [1.165, 1.54) is 11.8 Å². The van der Waals surface area contributed by atoms with Crippen molar-refractivity contribution < 1.29 is 15.0 Å². The maximum atomic E-state index is 10.1. The molecule has 0 spiro atoms. The predicted molar refractivity (Wildman–Crippen MR) is 47.8 cm³/mol. The monoisotopic (exact) mass is 177 g/mol. The van der Waals surface area contributed by atoms with E-state index in [1.54, 1.807) is 27.9 Å². The van der Waals surface area contributed by atoms with Gasteiger partial charge in [-0.1, -0.05) is 0 Å². The van der Waals surface area contributed by atoms with Gasteiger partial charge in [-0.25, -0.2) is 0 Å². The SMILES string of the molecule is CC(=O)N(C)C.CC(C)(O)CO. The molecule has 74 valence electrons. The molecule has 0 unspecified atom stereocenters. The van der Waals surface area contributed by atoms with Crippen molar-refractivity contribution in [2.45, 2.75) is 26.4 Å². The third kappa shape index (κ3) is 16.2. The summed E-state index contributed by atoms with van der Waals surface area (Å²) in [5.74, 6) is 0.0926. The molecular formula is C8H19NO3. The highest BCUT2D eigenvalue weighted by Crippen LogP contribution is 1.95. The van der Waals surface area contributed by atoms with E-state index < -0.39 is 5.60 Å². The van der Waals surface area contributed by atoms with Crippen molar-refractivity contribution in [3.63, 3.8) is 0 Å². The predicted octanol–water partition coefficient (Wildman–Crippen LogP) is -0.156. The normalized spacial score (nSPS) is 9.92. The second kappa shape index (κ2) is 5.97. The number of aliphatic hydroxyl groups is 2. The fraction of sp³-hybridized carbons (Fsp3) is 0.875. The number of hydrogen-bond acceptors (Lipinski definition) is 3. The molecule has 0 aliphatic heterocycles. The fourth-order valence-electron chi connectivity index (χ4n) is 0. The van der Waals surface area contributed by atoms with E-state index >= 15 is 0 Å². The molecule has 0 radical (unpaired) electrons. The van der Waals surface area contributed by atoms with E-state index in [2.05, 4.69) is 0 Å². The summed E-state index contributed by atoms with van der Waals surface area (Å²) in [7, 11) is 3.45. The van der Waals surface area contributed by atoms with Crippen LogP contribution in [-0.4, -0.2) is 47.3 Å². The second-order valence-corrected chi connectivity index (χ2v) is 3.38. The van der Waals surface area contributed by atoms with Gasteiger partial charge in [-0.05, 0) is 13.8 Å². The maximum Gasteiger partial charge on any atom is 0.218 e. The summed E-state index contributed by atoms with van der Waals surface area (Å²) in [6.45, 7) is 4.45. The fourth-order valence-corrected chi connectivity index (χ4v) is 0. The van der Waals surface area contributed by atoms with E-state index in [-0.39, 0.29) is 12.5 Å². The summed E-state index contributed by atoms with van der Waals surface area (Å²) in [5.41, 5.74) is -0.903. The Labute approximate surface area is 73.8 Å². The van der Waals surface area contributed by atoms with Crippen LogP contribution in [-0.2, 0) is 4.79 Å². The van der Waals surface area contributed by atoms with Gasteiger partial charge in [0.2, 0.25) is 5.91 Å². The highest BCUT2D eigenvalue weighted by molar-refractivity contribution is 5.72. The smallest absolute Gasteiger partial charge is 0.218 e. The van der Waals surface area contributed by atoms with Gasteiger partial charge in [-0.15, -0.1) is 0 Å². The molecule has 4 nitrogen and oxygen atoms in total. The molecule has 2 N–H and O–H groups in total. The van der Waals surface area contributed by atoms with Crippen LogP contribution in [0.2, 0.25) is 0 Å². The van der Waals surface area contributed by atoms with Crippen molar-refractivity contribution in [3.05, 3.63) is 0 Å². The van der Waals surface area contributed by atoms with Gasteiger partial charge in [0, 0.05) is 21.0 Å². The molecule has 0 rings (SSSR count). The summed E-state index contributed by atoms with van der Waals surface area (Å²) < 4.78 is 0. The van der Waals surface area contributed by atoms with Gasteiger partial charge in [0.1, 0.15) is 0 Å². The summed E-state index contributed by atoms with van der Waals surface area (Å²) in [6, 6.07) is 0. The molecule has 0 aliphatic carbocycles. The lowest BCUT2D eigenvalue weighted by Crippen LogP contribution is -2.23. The minimum Gasteiger partial charge on any atom is -0.393 e. The van der Waals surface area contributed by atoms with Gasteiger partial charge in [0.25, 0.3) is 0 Å². The molecule has 0 saturated heterocycles. The molecule has 0 atom stereocenters. The van der Waals surface area contributed by atoms with Crippen LogP contribution in [0.25, 0.3) is 0 Å². The van der Waals surface area contributed by atoms with Crippen LogP contribution in [0.15, 0.2) is 0 Å². The third-order valence-corrected chi connectivity index (χ3v) is 1.02. The largest absolute Gasteiger partial charge is 0.393 e. The number of amides is 1. The van der Waals surface area contributed by atoms with Crippen molar-refractivity contribution in [3.8, 4) is 0 Å². The van der Waals surface area contributed by atoms with E-state index in [0.29, 0.717) is 0 Å². The Morgan fingerprint density at radius 1 is 1.42 bits per heavy atom.